The second-order valence-corrected chi connectivity index (χ2v) is 7.01. The van der Waals surface area contributed by atoms with E-state index in [1.807, 2.05) is 36.4 Å². The number of amides is 1. The third-order valence-corrected chi connectivity index (χ3v) is 5.14. The summed E-state index contributed by atoms with van der Waals surface area (Å²) in [5, 5.41) is 7.84. The predicted octanol–water partition coefficient (Wildman–Crippen LogP) is 2.75. The lowest BCUT2D eigenvalue weighted by Crippen LogP contribution is -2.31. The molecule has 2 heterocycles. The second kappa shape index (κ2) is 8.02. The van der Waals surface area contributed by atoms with Crippen LogP contribution < -0.4 is 25.3 Å². The van der Waals surface area contributed by atoms with Crippen molar-refractivity contribution >= 4 is 11.9 Å². The third-order valence-electron chi connectivity index (χ3n) is 5.14. The number of fused-ring (bicyclic) bond motifs is 1. The maximum absolute atomic E-state index is 12.4. The summed E-state index contributed by atoms with van der Waals surface area (Å²) < 4.78 is 17.7. The molecule has 31 heavy (non-hydrogen) atoms. The molecule has 160 valence electrons. The van der Waals surface area contributed by atoms with Crippen LogP contribution in [0.1, 0.15) is 18.5 Å². The smallest absolute Gasteiger partial charge is 0.248 e. The average Bonchev–Trinajstić information content (AvgIpc) is 3.21. The lowest BCUT2D eigenvalue weighted by atomic mass is 9.95. The monoisotopic (exact) mass is 421 g/mol. The highest BCUT2D eigenvalue weighted by molar-refractivity contribution is 5.95. The molecule has 9 heteroatoms. The molecule has 0 unspecified atom stereocenters. The minimum Gasteiger partial charge on any atom is -0.497 e. The number of methoxy groups -OCH3 is 3. The molecular weight excluding hydrogens is 398 g/mol. The fourth-order valence-electron chi connectivity index (χ4n) is 3.65. The number of allylic oxidation sites excluding steroid dienone is 1. The van der Waals surface area contributed by atoms with E-state index < -0.39 is 11.9 Å². The van der Waals surface area contributed by atoms with E-state index in [1.54, 1.807) is 39.0 Å². The van der Waals surface area contributed by atoms with E-state index >= 15 is 0 Å². The molecule has 0 aliphatic carbocycles. The van der Waals surface area contributed by atoms with Crippen molar-refractivity contribution in [1.29, 1.82) is 0 Å². The van der Waals surface area contributed by atoms with Crippen molar-refractivity contribution in [3.05, 3.63) is 59.3 Å². The summed E-state index contributed by atoms with van der Waals surface area (Å²) in [7, 11) is 4.75. The van der Waals surface area contributed by atoms with Crippen molar-refractivity contribution in [2.75, 3.05) is 26.6 Å². The highest BCUT2D eigenvalue weighted by Crippen LogP contribution is 2.37. The van der Waals surface area contributed by atoms with Crippen molar-refractivity contribution in [3.8, 4) is 28.6 Å². The highest BCUT2D eigenvalue weighted by atomic mass is 16.5. The van der Waals surface area contributed by atoms with Crippen molar-refractivity contribution in [3.63, 3.8) is 0 Å². The maximum Gasteiger partial charge on any atom is 0.248 e. The predicted molar refractivity (Wildman–Crippen MR) is 115 cm³/mol. The Balaban J connectivity index is 1.88. The van der Waals surface area contributed by atoms with Crippen LogP contribution in [-0.4, -0.2) is 42.0 Å². The lowest BCUT2D eigenvalue weighted by molar-refractivity contribution is -0.115. The van der Waals surface area contributed by atoms with E-state index in [-0.39, 0.29) is 0 Å². The van der Waals surface area contributed by atoms with Gasteiger partial charge in [-0.15, -0.1) is 5.10 Å². The second-order valence-electron chi connectivity index (χ2n) is 7.01. The van der Waals surface area contributed by atoms with Crippen LogP contribution in [0.15, 0.2) is 53.7 Å². The summed E-state index contributed by atoms with van der Waals surface area (Å²) in [5.74, 6) is 2.30. The molecule has 0 saturated carbocycles. The van der Waals surface area contributed by atoms with Crippen molar-refractivity contribution in [1.82, 2.24) is 14.8 Å². The Labute approximate surface area is 179 Å². The first kappa shape index (κ1) is 20.3. The number of anilines is 1. The zero-order valence-electron chi connectivity index (χ0n) is 17.7. The normalized spacial score (nSPS) is 15.2. The van der Waals surface area contributed by atoms with Crippen LogP contribution in [0.2, 0.25) is 0 Å². The standard InChI is InChI=1S/C22H23N5O4/c1-12-18(20(23)28)19(13-6-5-7-15(8-13)29-2)27-22(24-12)25-21(26-27)14-9-16(30-3)11-17(10-14)31-4/h5-11,19H,1-4H3,(H2,23,28)(H,24,25,26)/t19-/m1/s1. The zero-order chi connectivity index (χ0) is 22.1. The Morgan fingerprint density at radius 3 is 2.32 bits per heavy atom. The summed E-state index contributed by atoms with van der Waals surface area (Å²) in [6.45, 7) is 1.79. The first-order valence-electron chi connectivity index (χ1n) is 9.56. The topological polar surface area (TPSA) is 114 Å². The minimum atomic E-state index is -0.558. The number of aromatic nitrogens is 3. The van der Waals surface area contributed by atoms with Crippen LogP contribution in [0.4, 0.5) is 5.95 Å². The van der Waals surface area contributed by atoms with E-state index in [9.17, 15) is 4.79 Å². The Kier molecular flexibility index (Phi) is 5.24. The van der Waals surface area contributed by atoms with Crippen LogP contribution in [0.25, 0.3) is 11.4 Å². The Morgan fingerprint density at radius 1 is 1.03 bits per heavy atom. The number of rotatable bonds is 6. The van der Waals surface area contributed by atoms with Gasteiger partial charge in [0.2, 0.25) is 11.9 Å². The quantitative estimate of drug-likeness (QED) is 0.629. The number of hydrogen-bond acceptors (Lipinski definition) is 7. The zero-order valence-corrected chi connectivity index (χ0v) is 17.7. The number of nitrogens with one attached hydrogen (secondary N) is 1. The summed E-state index contributed by atoms with van der Waals surface area (Å²) >= 11 is 0. The Bertz CT molecular complexity index is 1160. The molecule has 1 amide bonds. The first-order valence-corrected chi connectivity index (χ1v) is 9.56. The molecular formula is C22H23N5O4. The molecule has 9 nitrogen and oxygen atoms in total. The SMILES string of the molecule is COc1cc(OC)cc(-c2nc3n(n2)[C@H](c2cccc(OC)c2)C(C(N)=O)=C(C)N3)c1. The Hall–Kier alpha value is -4.01. The lowest BCUT2D eigenvalue weighted by Gasteiger charge is -2.27. The summed E-state index contributed by atoms with van der Waals surface area (Å²) in [4.78, 5) is 17.0. The minimum absolute atomic E-state index is 0.403. The molecule has 3 N–H and O–H groups in total. The van der Waals surface area contributed by atoms with E-state index in [4.69, 9.17) is 25.0 Å². The van der Waals surface area contributed by atoms with Crippen LogP contribution in [0.5, 0.6) is 17.2 Å². The fraction of sp³-hybridized carbons (Fsp3) is 0.227. The van der Waals surface area contributed by atoms with Gasteiger partial charge in [-0.1, -0.05) is 12.1 Å². The summed E-state index contributed by atoms with van der Waals surface area (Å²) in [6.07, 6.45) is 0. The van der Waals surface area contributed by atoms with Gasteiger partial charge in [0.1, 0.15) is 23.3 Å². The van der Waals surface area contributed by atoms with Gasteiger partial charge < -0.3 is 25.3 Å². The number of carbonyl (C=O) groups is 1. The van der Waals surface area contributed by atoms with Crippen molar-refractivity contribution < 1.29 is 19.0 Å². The van der Waals surface area contributed by atoms with Gasteiger partial charge in [0.25, 0.3) is 0 Å². The van der Waals surface area contributed by atoms with Gasteiger partial charge in [-0.25, -0.2) is 4.68 Å². The number of nitrogens with zero attached hydrogens (tertiary/aromatic N) is 3. The molecule has 4 rings (SSSR count). The maximum atomic E-state index is 12.4. The number of benzene rings is 2. The van der Waals surface area contributed by atoms with Crippen LogP contribution in [0.3, 0.4) is 0 Å². The molecule has 3 aromatic rings. The molecule has 0 spiro atoms. The van der Waals surface area contributed by atoms with E-state index in [1.165, 1.54) is 0 Å². The third kappa shape index (κ3) is 3.65. The molecule has 1 aromatic heterocycles. The van der Waals surface area contributed by atoms with Gasteiger partial charge in [-0.05, 0) is 36.8 Å². The van der Waals surface area contributed by atoms with Gasteiger partial charge in [0.05, 0.1) is 26.9 Å². The Morgan fingerprint density at radius 2 is 1.71 bits per heavy atom. The molecule has 1 aliphatic heterocycles. The highest BCUT2D eigenvalue weighted by Gasteiger charge is 2.33. The molecule has 1 atom stereocenters. The fourth-order valence-corrected chi connectivity index (χ4v) is 3.65. The number of primary amides is 1. The molecule has 2 aromatic carbocycles. The largest absolute Gasteiger partial charge is 0.497 e. The van der Waals surface area contributed by atoms with Gasteiger partial charge in [0.15, 0.2) is 5.82 Å². The van der Waals surface area contributed by atoms with Crippen molar-refractivity contribution in [2.45, 2.75) is 13.0 Å². The summed E-state index contributed by atoms with van der Waals surface area (Å²) in [5.41, 5.74) is 8.28. The van der Waals surface area contributed by atoms with Crippen LogP contribution in [0, 0.1) is 0 Å². The van der Waals surface area contributed by atoms with Gasteiger partial charge in [0, 0.05) is 17.3 Å². The van der Waals surface area contributed by atoms with E-state index in [2.05, 4.69) is 10.3 Å². The van der Waals surface area contributed by atoms with Gasteiger partial charge in [-0.2, -0.15) is 4.98 Å². The molecule has 0 fully saturated rings. The number of carbonyl (C=O) groups excluding carboxylic acids is 1. The first-order chi connectivity index (χ1) is 14.9. The van der Waals surface area contributed by atoms with Gasteiger partial charge in [-0.3, -0.25) is 4.79 Å². The number of hydrogen-bond donors (Lipinski definition) is 2. The van der Waals surface area contributed by atoms with Crippen LogP contribution in [-0.2, 0) is 4.79 Å². The molecule has 0 saturated heterocycles. The average molecular weight is 421 g/mol. The number of nitrogens with two attached hydrogens (primary N) is 1. The molecule has 0 radical (unpaired) electrons. The van der Waals surface area contributed by atoms with Crippen LogP contribution >= 0.6 is 0 Å². The van der Waals surface area contributed by atoms with E-state index in [0.717, 1.165) is 5.56 Å². The molecule has 1 aliphatic rings. The molecule has 0 bridgehead atoms. The summed E-state index contributed by atoms with van der Waals surface area (Å²) in [6, 6.07) is 12.3. The number of ether oxygens (including phenoxy) is 3. The van der Waals surface area contributed by atoms with E-state index in [0.29, 0.717) is 45.9 Å². The van der Waals surface area contributed by atoms with Crippen molar-refractivity contribution in [2.24, 2.45) is 5.73 Å². The van der Waals surface area contributed by atoms with Gasteiger partial charge >= 0.3 is 0 Å².